The van der Waals surface area contributed by atoms with E-state index in [9.17, 15) is 14.7 Å². The lowest BCUT2D eigenvalue weighted by Crippen LogP contribution is -2.29. The molecule has 0 aromatic heterocycles. The van der Waals surface area contributed by atoms with Crippen LogP contribution in [0.5, 0.6) is 17.2 Å². The largest absolute Gasteiger partial charge is 0.546 e. The van der Waals surface area contributed by atoms with Crippen LogP contribution in [0.4, 0.5) is 0 Å². The molecule has 1 N–H and O–H groups in total. The lowest BCUT2D eigenvalue weighted by molar-refractivity contribution is -0.307. The summed E-state index contributed by atoms with van der Waals surface area (Å²) in [6.45, 7) is 2.32. The minimum atomic E-state index is -1.33. The molecule has 0 fully saturated rings. The van der Waals surface area contributed by atoms with E-state index in [2.05, 4.69) is 10.5 Å². The molecule has 0 saturated heterocycles. The Morgan fingerprint density at radius 2 is 1.58 bits per heavy atom. The topological polar surface area (TPSA) is 109 Å². The number of hydrazone groups is 1. The van der Waals surface area contributed by atoms with Crippen LogP contribution < -0.4 is 24.7 Å². The third-order valence-corrected chi connectivity index (χ3v) is 4.39. The lowest BCUT2D eigenvalue weighted by Gasteiger charge is -2.09. The molecule has 0 saturated carbocycles. The normalized spacial score (nSPS) is 10.6. The summed E-state index contributed by atoms with van der Waals surface area (Å²) in [5.74, 6) is 0.105. The van der Waals surface area contributed by atoms with Gasteiger partial charge >= 0.3 is 0 Å². The molecule has 0 spiro atoms. The van der Waals surface area contributed by atoms with Gasteiger partial charge in [-0.1, -0.05) is 24.3 Å². The quantitative estimate of drug-likeness (QED) is 0.357. The Labute approximate surface area is 191 Å². The number of rotatable bonds is 11. The van der Waals surface area contributed by atoms with Crippen molar-refractivity contribution in [1.82, 2.24) is 5.43 Å². The van der Waals surface area contributed by atoms with E-state index in [0.717, 1.165) is 17.1 Å². The highest BCUT2D eigenvalue weighted by Crippen LogP contribution is 2.19. The zero-order valence-electron chi connectivity index (χ0n) is 18.0. The van der Waals surface area contributed by atoms with Crippen LogP contribution in [0.15, 0.2) is 77.9 Å². The van der Waals surface area contributed by atoms with Crippen LogP contribution in [-0.4, -0.2) is 31.3 Å². The second-order valence-electron chi connectivity index (χ2n) is 6.79. The maximum atomic E-state index is 12.3. The summed E-state index contributed by atoms with van der Waals surface area (Å²) in [5, 5.41) is 14.5. The van der Waals surface area contributed by atoms with Gasteiger partial charge in [-0.25, -0.2) is 5.43 Å². The van der Waals surface area contributed by atoms with Crippen molar-refractivity contribution in [2.45, 2.75) is 13.5 Å². The first-order valence-corrected chi connectivity index (χ1v) is 10.2. The second-order valence-corrected chi connectivity index (χ2v) is 6.79. The molecule has 0 heterocycles. The molecule has 0 unspecified atom stereocenters. The minimum Gasteiger partial charge on any atom is -0.546 e. The van der Waals surface area contributed by atoms with Crippen molar-refractivity contribution >= 4 is 18.1 Å². The SMILES string of the molecule is CCOc1ccc(OCc2ccc(C(=O)NN=Cc3ccccc3OCC(=O)[O-])cc2)cc1. The Hall–Kier alpha value is -4.33. The number of carboxylic acid groups (broad SMARTS) is 1. The smallest absolute Gasteiger partial charge is 0.271 e. The third kappa shape index (κ3) is 7.39. The van der Waals surface area contributed by atoms with Crippen LogP contribution >= 0.6 is 0 Å². The minimum absolute atomic E-state index is 0.316. The number of benzene rings is 3. The molecule has 3 aromatic rings. The fourth-order valence-corrected chi connectivity index (χ4v) is 2.80. The highest BCUT2D eigenvalue weighted by atomic mass is 16.5. The van der Waals surface area contributed by atoms with Crippen molar-refractivity contribution in [3.63, 3.8) is 0 Å². The maximum Gasteiger partial charge on any atom is 0.271 e. The number of ether oxygens (including phenoxy) is 3. The summed E-state index contributed by atoms with van der Waals surface area (Å²) in [6, 6.07) is 21.1. The molecule has 0 aliphatic carbocycles. The lowest BCUT2D eigenvalue weighted by atomic mass is 10.1. The van der Waals surface area contributed by atoms with Crippen LogP contribution in [0.25, 0.3) is 0 Å². The van der Waals surface area contributed by atoms with Crippen LogP contribution in [0.2, 0.25) is 0 Å². The Morgan fingerprint density at radius 1 is 0.909 bits per heavy atom. The molecule has 1 amide bonds. The molecule has 170 valence electrons. The zero-order chi connectivity index (χ0) is 23.5. The van der Waals surface area contributed by atoms with Crippen molar-refractivity contribution in [1.29, 1.82) is 0 Å². The first-order valence-electron chi connectivity index (χ1n) is 10.2. The van der Waals surface area contributed by atoms with Gasteiger partial charge in [-0.05, 0) is 61.0 Å². The number of nitrogens with one attached hydrogen (secondary N) is 1. The van der Waals surface area contributed by atoms with Crippen molar-refractivity contribution in [2.75, 3.05) is 13.2 Å². The van der Waals surface area contributed by atoms with E-state index in [0.29, 0.717) is 30.1 Å². The molecule has 8 heteroatoms. The van der Waals surface area contributed by atoms with Crippen molar-refractivity contribution < 1.29 is 28.9 Å². The van der Waals surface area contributed by atoms with Gasteiger partial charge in [0.2, 0.25) is 0 Å². The van der Waals surface area contributed by atoms with Crippen molar-refractivity contribution in [3.8, 4) is 17.2 Å². The average Bonchev–Trinajstić information content (AvgIpc) is 2.83. The van der Waals surface area contributed by atoms with Gasteiger partial charge in [-0.15, -0.1) is 0 Å². The Balaban J connectivity index is 1.51. The summed E-state index contributed by atoms with van der Waals surface area (Å²) in [4.78, 5) is 22.9. The summed E-state index contributed by atoms with van der Waals surface area (Å²) in [6.07, 6.45) is 1.38. The van der Waals surface area contributed by atoms with Gasteiger partial charge in [0, 0.05) is 11.1 Å². The van der Waals surface area contributed by atoms with E-state index >= 15 is 0 Å². The number of nitrogens with zero attached hydrogens (tertiary/aromatic N) is 1. The molecular weight excluding hydrogens is 424 g/mol. The van der Waals surface area contributed by atoms with Gasteiger partial charge in [0.15, 0.2) is 0 Å². The van der Waals surface area contributed by atoms with Crippen LogP contribution in [0.3, 0.4) is 0 Å². The fraction of sp³-hybridized carbons (Fsp3) is 0.160. The molecule has 8 nitrogen and oxygen atoms in total. The van der Waals surface area contributed by atoms with Gasteiger partial charge in [-0.3, -0.25) is 4.79 Å². The third-order valence-electron chi connectivity index (χ3n) is 4.39. The number of para-hydroxylation sites is 1. The van der Waals surface area contributed by atoms with E-state index in [1.54, 1.807) is 48.5 Å². The summed E-state index contributed by atoms with van der Waals surface area (Å²) in [7, 11) is 0. The second kappa shape index (κ2) is 11.9. The molecule has 0 bridgehead atoms. The summed E-state index contributed by atoms with van der Waals surface area (Å²) >= 11 is 0. The predicted molar refractivity (Wildman–Crippen MR) is 120 cm³/mol. The molecule has 3 aromatic carbocycles. The standard InChI is InChI=1S/C25H24N2O6/c1-2-31-21-11-13-22(14-12-21)32-16-18-7-9-19(10-8-18)25(30)27-26-15-20-5-3-4-6-23(20)33-17-24(28)29/h3-15H,2,16-17H2,1H3,(H,27,30)(H,28,29)/p-1. The molecule has 3 rings (SSSR count). The van der Waals surface area contributed by atoms with E-state index in [1.807, 2.05) is 31.2 Å². The number of carbonyl (C=O) groups excluding carboxylic acids is 2. The van der Waals surface area contributed by atoms with Crippen LogP contribution in [-0.2, 0) is 11.4 Å². The average molecular weight is 447 g/mol. The maximum absolute atomic E-state index is 12.3. The van der Waals surface area contributed by atoms with Gasteiger partial charge in [0.1, 0.15) is 30.5 Å². The van der Waals surface area contributed by atoms with Crippen molar-refractivity contribution in [2.24, 2.45) is 5.10 Å². The molecule has 0 atom stereocenters. The fourth-order valence-electron chi connectivity index (χ4n) is 2.80. The Morgan fingerprint density at radius 3 is 2.24 bits per heavy atom. The monoisotopic (exact) mass is 447 g/mol. The molecule has 33 heavy (non-hydrogen) atoms. The predicted octanol–water partition coefficient (Wildman–Crippen LogP) is 2.56. The number of amides is 1. The highest BCUT2D eigenvalue weighted by molar-refractivity contribution is 5.95. The van der Waals surface area contributed by atoms with Gasteiger partial charge in [0.25, 0.3) is 5.91 Å². The van der Waals surface area contributed by atoms with E-state index < -0.39 is 18.5 Å². The van der Waals surface area contributed by atoms with Crippen LogP contribution in [0, 0.1) is 0 Å². The van der Waals surface area contributed by atoms with Gasteiger partial charge in [0.05, 0.1) is 18.8 Å². The number of carboxylic acids is 1. The number of hydrogen-bond acceptors (Lipinski definition) is 7. The summed E-state index contributed by atoms with van der Waals surface area (Å²) < 4.78 is 16.3. The van der Waals surface area contributed by atoms with Crippen LogP contribution in [0.1, 0.15) is 28.4 Å². The van der Waals surface area contributed by atoms with Gasteiger partial charge in [-0.2, -0.15) is 5.10 Å². The first-order chi connectivity index (χ1) is 16.0. The molecule has 0 aliphatic rings. The van der Waals surface area contributed by atoms with Gasteiger partial charge < -0.3 is 24.1 Å². The Bertz CT molecular complexity index is 1090. The summed E-state index contributed by atoms with van der Waals surface area (Å²) in [5.41, 5.74) is 4.28. The Kier molecular flexibility index (Phi) is 8.41. The molecule has 0 radical (unpaired) electrons. The number of carbonyl (C=O) groups is 2. The molecule has 0 aliphatic heterocycles. The number of hydrogen-bond donors (Lipinski definition) is 1. The zero-order valence-corrected chi connectivity index (χ0v) is 18.0. The number of aliphatic carboxylic acids is 1. The highest BCUT2D eigenvalue weighted by Gasteiger charge is 2.06. The first kappa shape index (κ1) is 23.3. The molecular formula is C25H23N2O6-. The van der Waals surface area contributed by atoms with Crippen molar-refractivity contribution in [3.05, 3.63) is 89.5 Å². The van der Waals surface area contributed by atoms with E-state index in [4.69, 9.17) is 14.2 Å². The van der Waals surface area contributed by atoms with E-state index in [1.165, 1.54) is 6.21 Å². The van der Waals surface area contributed by atoms with E-state index in [-0.39, 0.29) is 0 Å².